The van der Waals surface area contributed by atoms with Crippen LogP contribution in [0, 0.1) is 5.92 Å². The van der Waals surface area contributed by atoms with Gasteiger partial charge in [-0.25, -0.2) is 9.78 Å². The number of methoxy groups -OCH3 is 1. The molecule has 2 aliphatic rings. The van der Waals surface area contributed by atoms with Crippen LogP contribution in [-0.2, 0) is 13.1 Å². The van der Waals surface area contributed by atoms with Gasteiger partial charge in [0.15, 0.2) is 5.82 Å². The number of aromatic nitrogens is 3. The smallest absolute Gasteiger partial charge is 0.335 e. The molecular weight excluding hydrogens is 458 g/mol. The number of hydrogen-bond acceptors (Lipinski definition) is 4. The number of carboxylic acids is 1. The number of imidazole rings is 1. The molecule has 1 saturated carbocycles. The highest BCUT2D eigenvalue weighted by molar-refractivity contribution is 8.02. The lowest BCUT2D eigenvalue weighted by Gasteiger charge is -2.15. The molecule has 3 heterocycles. The zero-order valence-corrected chi connectivity index (χ0v) is 20.4. The number of allylic oxidation sites excluding steroid dienone is 2. The summed E-state index contributed by atoms with van der Waals surface area (Å²) in [5, 5.41) is 13.0. The monoisotopic (exact) mass is 485 g/mol. The summed E-state index contributed by atoms with van der Waals surface area (Å²) in [4.78, 5) is 16.8. The van der Waals surface area contributed by atoms with E-state index in [4.69, 9.17) is 9.72 Å². The SMILES string of the molecule is COc1cc(C(=O)O)cc2nc(-c3cc4ccccc4n3CC3CC3)n(CCC3=CCSC=C3)c12. The van der Waals surface area contributed by atoms with Crippen molar-refractivity contribution in [3.8, 4) is 17.3 Å². The minimum atomic E-state index is -0.987. The van der Waals surface area contributed by atoms with Gasteiger partial charge in [0.2, 0.25) is 0 Å². The van der Waals surface area contributed by atoms with Crippen LogP contribution in [0.1, 0.15) is 29.6 Å². The van der Waals surface area contributed by atoms with E-state index in [2.05, 4.69) is 57.0 Å². The number of benzene rings is 2. The molecule has 6 nitrogen and oxygen atoms in total. The number of fused-ring (bicyclic) bond motifs is 2. The molecule has 0 atom stereocenters. The van der Waals surface area contributed by atoms with E-state index in [-0.39, 0.29) is 5.56 Å². The number of hydrogen-bond donors (Lipinski definition) is 1. The summed E-state index contributed by atoms with van der Waals surface area (Å²) in [5.41, 5.74) is 5.24. The maximum absolute atomic E-state index is 11.8. The van der Waals surface area contributed by atoms with E-state index in [1.165, 1.54) is 29.3 Å². The summed E-state index contributed by atoms with van der Waals surface area (Å²) in [6.45, 7) is 1.69. The van der Waals surface area contributed by atoms with Crippen LogP contribution in [-0.4, -0.2) is 38.1 Å². The number of thioether (sulfide) groups is 1. The molecule has 0 spiro atoms. The van der Waals surface area contributed by atoms with Crippen molar-refractivity contribution in [2.45, 2.75) is 32.4 Å². The third-order valence-electron chi connectivity index (χ3n) is 6.90. The molecule has 2 aromatic carbocycles. The maximum Gasteiger partial charge on any atom is 0.335 e. The summed E-state index contributed by atoms with van der Waals surface area (Å²) < 4.78 is 10.3. The highest BCUT2D eigenvalue weighted by atomic mass is 32.2. The first kappa shape index (κ1) is 22.0. The Bertz CT molecular complexity index is 1510. The highest BCUT2D eigenvalue weighted by Crippen LogP contribution is 2.38. The second-order valence-electron chi connectivity index (χ2n) is 9.25. The molecule has 7 heteroatoms. The standard InChI is InChI=1S/C28H27N3O3S/c1-34-25-16-21(28(32)33)14-22-26(25)30(11-8-18-9-12-35-13-10-18)27(29-22)24-15-20-4-2-3-5-23(20)31(24)17-19-6-7-19/h2-5,9-10,12,14-16,19H,6-8,11,13,17H2,1H3,(H,32,33). The maximum atomic E-state index is 11.8. The van der Waals surface area contributed by atoms with E-state index >= 15 is 0 Å². The second-order valence-corrected chi connectivity index (χ2v) is 10.2. The number of nitrogens with zero attached hydrogens (tertiary/aromatic N) is 3. The molecule has 4 aromatic rings. The average Bonchev–Trinajstić information content (AvgIpc) is 3.52. The van der Waals surface area contributed by atoms with E-state index in [9.17, 15) is 9.90 Å². The van der Waals surface area contributed by atoms with Gasteiger partial charge in [-0.1, -0.05) is 30.4 Å². The number of carboxylic acid groups (broad SMARTS) is 1. The lowest BCUT2D eigenvalue weighted by Crippen LogP contribution is -2.08. The van der Waals surface area contributed by atoms with Gasteiger partial charge in [-0.2, -0.15) is 0 Å². The van der Waals surface area contributed by atoms with Gasteiger partial charge in [0.05, 0.1) is 23.9 Å². The molecule has 0 saturated heterocycles. The van der Waals surface area contributed by atoms with E-state index in [0.717, 1.165) is 42.3 Å². The van der Waals surface area contributed by atoms with Gasteiger partial charge in [0.25, 0.3) is 0 Å². The lowest BCUT2D eigenvalue weighted by atomic mass is 10.1. The van der Waals surface area contributed by atoms with Crippen molar-refractivity contribution in [3.63, 3.8) is 0 Å². The molecule has 1 aliphatic carbocycles. The number of para-hydroxylation sites is 1. The van der Waals surface area contributed by atoms with Crippen molar-refractivity contribution in [1.82, 2.24) is 14.1 Å². The van der Waals surface area contributed by atoms with Gasteiger partial charge in [0, 0.05) is 29.7 Å². The quantitative estimate of drug-likeness (QED) is 0.315. The molecular formula is C28H27N3O3S. The van der Waals surface area contributed by atoms with Gasteiger partial charge < -0.3 is 19.0 Å². The van der Waals surface area contributed by atoms with Crippen LogP contribution >= 0.6 is 11.8 Å². The first-order valence-corrected chi connectivity index (χ1v) is 13.0. The van der Waals surface area contributed by atoms with E-state index in [1.807, 2.05) is 0 Å². The number of ether oxygens (including phenoxy) is 1. The Morgan fingerprint density at radius 1 is 1.20 bits per heavy atom. The number of rotatable bonds is 8. The van der Waals surface area contributed by atoms with E-state index in [0.29, 0.717) is 17.2 Å². The molecule has 1 N–H and O–H groups in total. The Labute approximate surface area is 207 Å². The molecule has 0 amide bonds. The van der Waals surface area contributed by atoms with Gasteiger partial charge in [-0.05, 0) is 60.4 Å². The average molecular weight is 486 g/mol. The second kappa shape index (κ2) is 8.96. The molecule has 0 bridgehead atoms. The Balaban J connectivity index is 1.56. The molecule has 1 aliphatic heterocycles. The summed E-state index contributed by atoms with van der Waals surface area (Å²) in [6, 6.07) is 13.9. The highest BCUT2D eigenvalue weighted by Gasteiger charge is 2.27. The fraction of sp³-hybridized carbons (Fsp3) is 0.286. The van der Waals surface area contributed by atoms with E-state index in [1.54, 1.807) is 31.0 Å². The Hall–Kier alpha value is -3.45. The van der Waals surface area contributed by atoms with Gasteiger partial charge >= 0.3 is 5.97 Å². The Morgan fingerprint density at radius 3 is 2.80 bits per heavy atom. The summed E-state index contributed by atoms with van der Waals surface area (Å²) >= 11 is 1.80. The number of aryl methyl sites for hydroxylation is 1. The first-order valence-electron chi connectivity index (χ1n) is 12.0. The lowest BCUT2D eigenvalue weighted by molar-refractivity contribution is 0.0696. The minimum absolute atomic E-state index is 0.180. The van der Waals surface area contributed by atoms with Crippen LogP contribution in [0.5, 0.6) is 5.75 Å². The van der Waals surface area contributed by atoms with Crippen LogP contribution in [0.4, 0.5) is 0 Å². The zero-order chi connectivity index (χ0) is 23.9. The summed E-state index contributed by atoms with van der Waals surface area (Å²) in [6.07, 6.45) is 7.83. The molecule has 2 aromatic heterocycles. The van der Waals surface area contributed by atoms with E-state index < -0.39 is 5.97 Å². The molecule has 6 rings (SSSR count). The minimum Gasteiger partial charge on any atom is -0.494 e. The van der Waals surface area contributed by atoms with Crippen LogP contribution in [0.2, 0.25) is 0 Å². The number of aromatic carboxylic acids is 1. The molecule has 1 fully saturated rings. The topological polar surface area (TPSA) is 69.3 Å². The van der Waals surface area contributed by atoms with Crippen LogP contribution in [0.25, 0.3) is 33.5 Å². The van der Waals surface area contributed by atoms with Crippen molar-refractivity contribution in [3.05, 3.63) is 71.2 Å². The van der Waals surface area contributed by atoms with Crippen LogP contribution in [0.3, 0.4) is 0 Å². The Kier molecular flexibility index (Phi) is 5.65. The fourth-order valence-corrected chi connectivity index (χ4v) is 5.61. The van der Waals surface area contributed by atoms with Gasteiger partial charge in [-0.3, -0.25) is 0 Å². The molecule has 35 heavy (non-hydrogen) atoms. The predicted molar refractivity (Wildman–Crippen MR) is 141 cm³/mol. The summed E-state index contributed by atoms with van der Waals surface area (Å²) in [5.74, 6) is 2.09. The normalized spacial score (nSPS) is 15.6. The first-order chi connectivity index (χ1) is 17.1. The van der Waals surface area contributed by atoms with Crippen LogP contribution < -0.4 is 4.74 Å². The van der Waals surface area contributed by atoms with Crippen molar-refractivity contribution < 1.29 is 14.6 Å². The molecule has 0 radical (unpaired) electrons. The largest absolute Gasteiger partial charge is 0.494 e. The van der Waals surface area contributed by atoms with Crippen LogP contribution in [0.15, 0.2) is 65.6 Å². The van der Waals surface area contributed by atoms with Crippen molar-refractivity contribution in [2.24, 2.45) is 5.92 Å². The molecule has 0 unspecified atom stereocenters. The van der Waals surface area contributed by atoms with Crippen molar-refractivity contribution in [2.75, 3.05) is 12.9 Å². The third-order valence-corrected chi connectivity index (χ3v) is 7.58. The third kappa shape index (κ3) is 4.14. The van der Waals surface area contributed by atoms with Crippen molar-refractivity contribution in [1.29, 1.82) is 0 Å². The zero-order valence-electron chi connectivity index (χ0n) is 19.6. The molecule has 178 valence electrons. The summed E-state index contributed by atoms with van der Waals surface area (Å²) in [7, 11) is 1.59. The Morgan fingerprint density at radius 2 is 2.06 bits per heavy atom. The van der Waals surface area contributed by atoms with Gasteiger partial charge in [-0.15, -0.1) is 11.8 Å². The predicted octanol–water partition coefficient (Wildman–Crippen LogP) is 6.35. The number of carbonyl (C=O) groups is 1. The van der Waals surface area contributed by atoms with Crippen molar-refractivity contribution >= 4 is 39.7 Å². The fourth-order valence-electron chi connectivity index (χ4n) is 4.91. The van der Waals surface area contributed by atoms with Gasteiger partial charge in [0.1, 0.15) is 11.3 Å².